The average Bonchev–Trinajstić information content (AvgIpc) is 3.70. The Morgan fingerprint density at radius 1 is 1.06 bits per heavy atom. The quantitative estimate of drug-likeness (QED) is 0.192. The van der Waals surface area contributed by atoms with Crippen molar-refractivity contribution in [3.8, 4) is 11.6 Å². The highest BCUT2D eigenvalue weighted by atomic mass is 35.5. The first-order valence-electron chi connectivity index (χ1n) is 16.4. The van der Waals surface area contributed by atoms with E-state index in [1.165, 1.54) is 40.0 Å². The van der Waals surface area contributed by atoms with Gasteiger partial charge in [-0.05, 0) is 62.3 Å². The van der Waals surface area contributed by atoms with Crippen molar-refractivity contribution >= 4 is 35.4 Å². The molecule has 2 saturated heterocycles. The third-order valence-electron chi connectivity index (χ3n) is 9.14. The van der Waals surface area contributed by atoms with Gasteiger partial charge in [0, 0.05) is 42.5 Å². The number of aromatic nitrogens is 4. The molecule has 2 fully saturated rings. The van der Waals surface area contributed by atoms with Gasteiger partial charge in [0.05, 0.1) is 18.0 Å². The second kappa shape index (κ2) is 14.7. The zero-order valence-electron chi connectivity index (χ0n) is 28.0. The van der Waals surface area contributed by atoms with Crippen LogP contribution in [0.25, 0.3) is 5.69 Å². The van der Waals surface area contributed by atoms with E-state index < -0.39 is 35.8 Å². The topological polar surface area (TPSA) is 138 Å². The van der Waals surface area contributed by atoms with E-state index in [2.05, 4.69) is 15.1 Å². The van der Waals surface area contributed by atoms with Gasteiger partial charge < -0.3 is 24.8 Å². The summed E-state index contributed by atoms with van der Waals surface area (Å²) in [5, 5.41) is 4.49. The van der Waals surface area contributed by atoms with Crippen molar-refractivity contribution in [2.75, 3.05) is 36.9 Å². The number of rotatable bonds is 9. The van der Waals surface area contributed by atoms with Gasteiger partial charge in [-0.3, -0.25) is 4.90 Å². The largest absolute Gasteiger partial charge is 0.464 e. The Balaban J connectivity index is 1.19. The number of hydrogen-bond donors (Lipinski definition) is 1. The van der Waals surface area contributed by atoms with Crippen molar-refractivity contribution in [3.05, 3.63) is 88.7 Å². The lowest BCUT2D eigenvalue weighted by Crippen LogP contribution is -2.43. The van der Waals surface area contributed by atoms with Crippen molar-refractivity contribution < 1.29 is 37.0 Å². The van der Waals surface area contributed by atoms with E-state index in [1.807, 2.05) is 35.2 Å². The first kappa shape index (κ1) is 35.8. The molecule has 16 heteroatoms. The number of carbonyl (C=O) groups is 2. The summed E-state index contributed by atoms with van der Waals surface area (Å²) in [5.74, 6) is -0.845. The maximum Gasteiger partial charge on any atom is 0.429 e. The monoisotopic (exact) mass is 727 g/mol. The first-order valence-corrected chi connectivity index (χ1v) is 16.8. The molecule has 0 aliphatic carbocycles. The van der Waals surface area contributed by atoms with E-state index in [1.54, 1.807) is 19.9 Å². The van der Waals surface area contributed by atoms with Crippen LogP contribution in [0.4, 0.5) is 29.7 Å². The van der Waals surface area contributed by atoms with Crippen molar-refractivity contribution in [1.82, 2.24) is 24.6 Å². The number of aryl methyl sites for hydroxylation is 1. The van der Waals surface area contributed by atoms with E-state index in [0.29, 0.717) is 38.0 Å². The van der Waals surface area contributed by atoms with E-state index in [-0.39, 0.29) is 53.7 Å². The standard InChI is InChI=1S/C35H37ClF3N7O5/c1-3-49-31(47)27-19-34(21-45(27)33(48)50-20-23-7-5-4-6-8-23)12-15-44(16-13-34)28-18-29(42-32(40)41-28)51-30(35(37,38)39)25-10-9-24(36)17-26(25)46-14-11-22(2)43-46/h4-11,14,17-18,27,30H,3,12-13,15-16,19-21H2,1-2H3,(H2,40,41,42)/t27-,30?/m0/s1. The number of likely N-dealkylation sites (tertiary alicyclic amines) is 1. The smallest absolute Gasteiger partial charge is 0.429 e. The molecule has 0 bridgehead atoms. The lowest BCUT2D eigenvalue weighted by Gasteiger charge is -2.39. The summed E-state index contributed by atoms with van der Waals surface area (Å²) in [5.41, 5.74) is 6.87. The number of hydrogen-bond acceptors (Lipinski definition) is 10. The zero-order chi connectivity index (χ0) is 36.3. The Morgan fingerprint density at radius 2 is 1.80 bits per heavy atom. The number of amides is 1. The van der Waals surface area contributed by atoms with Crippen LogP contribution in [0.2, 0.25) is 5.02 Å². The minimum Gasteiger partial charge on any atom is -0.464 e. The lowest BCUT2D eigenvalue weighted by molar-refractivity contribution is -0.198. The Bertz CT molecular complexity index is 1870. The molecule has 0 radical (unpaired) electrons. The lowest BCUT2D eigenvalue weighted by atomic mass is 9.76. The highest BCUT2D eigenvalue weighted by Crippen LogP contribution is 2.45. The summed E-state index contributed by atoms with van der Waals surface area (Å²) in [6.07, 6.45) is -4.88. The third kappa shape index (κ3) is 8.14. The van der Waals surface area contributed by atoms with Gasteiger partial charge >= 0.3 is 18.2 Å². The average molecular weight is 728 g/mol. The number of anilines is 2. The van der Waals surface area contributed by atoms with Gasteiger partial charge in [0.25, 0.3) is 0 Å². The number of halogens is 4. The number of ether oxygens (including phenoxy) is 3. The molecule has 2 aromatic heterocycles. The van der Waals surface area contributed by atoms with Crippen LogP contribution in [0.1, 0.15) is 49.1 Å². The minimum absolute atomic E-state index is 0.0590. The Morgan fingerprint density at radius 3 is 2.47 bits per heavy atom. The first-order chi connectivity index (χ1) is 24.3. The molecule has 2 atom stereocenters. The van der Waals surface area contributed by atoms with E-state index in [0.717, 1.165) is 5.56 Å². The van der Waals surface area contributed by atoms with Gasteiger partial charge in [-0.15, -0.1) is 0 Å². The van der Waals surface area contributed by atoms with Crippen molar-refractivity contribution in [1.29, 1.82) is 0 Å². The van der Waals surface area contributed by atoms with Gasteiger partial charge in [-0.1, -0.05) is 48.0 Å². The van der Waals surface area contributed by atoms with Crippen LogP contribution in [0.5, 0.6) is 5.88 Å². The molecule has 6 rings (SSSR count). The maximum atomic E-state index is 14.6. The Labute approximate surface area is 297 Å². The summed E-state index contributed by atoms with van der Waals surface area (Å²) in [4.78, 5) is 37.8. The summed E-state index contributed by atoms with van der Waals surface area (Å²) in [7, 11) is 0. The zero-order valence-corrected chi connectivity index (χ0v) is 28.7. The van der Waals surface area contributed by atoms with Gasteiger partial charge in [-0.2, -0.15) is 28.2 Å². The van der Waals surface area contributed by atoms with Crippen LogP contribution in [0, 0.1) is 12.3 Å². The number of esters is 1. The molecule has 4 heterocycles. The molecule has 1 amide bonds. The molecule has 2 aliphatic rings. The van der Waals surface area contributed by atoms with Crippen LogP contribution >= 0.6 is 11.6 Å². The number of alkyl halides is 3. The maximum absolute atomic E-state index is 14.6. The van der Waals surface area contributed by atoms with E-state index in [4.69, 9.17) is 31.5 Å². The highest BCUT2D eigenvalue weighted by Gasteiger charge is 2.51. The third-order valence-corrected chi connectivity index (χ3v) is 9.38. The van der Waals surface area contributed by atoms with Gasteiger partial charge in [0.2, 0.25) is 17.9 Å². The molecule has 0 saturated carbocycles. The fourth-order valence-electron chi connectivity index (χ4n) is 6.64. The van der Waals surface area contributed by atoms with Crippen molar-refractivity contribution in [2.45, 2.75) is 58.0 Å². The van der Waals surface area contributed by atoms with Crippen LogP contribution in [0.3, 0.4) is 0 Å². The second-order valence-corrected chi connectivity index (χ2v) is 13.1. The molecule has 1 unspecified atom stereocenters. The molecule has 51 heavy (non-hydrogen) atoms. The molecule has 2 N–H and O–H groups in total. The van der Waals surface area contributed by atoms with Crippen LogP contribution in [0.15, 0.2) is 66.9 Å². The Kier molecular flexibility index (Phi) is 10.3. The van der Waals surface area contributed by atoms with E-state index >= 15 is 0 Å². The van der Waals surface area contributed by atoms with Crippen molar-refractivity contribution in [2.24, 2.45) is 5.41 Å². The molecular formula is C35H37ClF3N7O5. The van der Waals surface area contributed by atoms with Crippen LogP contribution in [-0.4, -0.2) is 75.2 Å². The summed E-state index contributed by atoms with van der Waals surface area (Å²) in [6, 6.07) is 15.4. The predicted octanol–water partition coefficient (Wildman–Crippen LogP) is 6.45. The SMILES string of the molecule is CCOC(=O)[C@@H]1CC2(CCN(c3cc(OC(c4ccc(Cl)cc4-n4ccc(C)n4)C(F)(F)F)nc(N)n3)CC2)CN1C(=O)OCc1ccccc1. The predicted molar refractivity (Wildman–Crippen MR) is 181 cm³/mol. The molecule has 2 aliphatic heterocycles. The number of piperidine rings is 1. The van der Waals surface area contributed by atoms with E-state index in [9.17, 15) is 22.8 Å². The normalized spacial score (nSPS) is 17.7. The molecular weight excluding hydrogens is 691 g/mol. The number of carbonyl (C=O) groups excluding carboxylic acids is 2. The fourth-order valence-corrected chi connectivity index (χ4v) is 6.80. The van der Waals surface area contributed by atoms with Gasteiger partial charge in [-0.25, -0.2) is 14.3 Å². The second-order valence-electron chi connectivity index (χ2n) is 12.7. The minimum atomic E-state index is -4.85. The summed E-state index contributed by atoms with van der Waals surface area (Å²) >= 11 is 6.17. The van der Waals surface area contributed by atoms with Gasteiger partial charge in [0.1, 0.15) is 18.5 Å². The molecule has 12 nitrogen and oxygen atoms in total. The molecule has 1 spiro atoms. The van der Waals surface area contributed by atoms with Gasteiger partial charge in [0.15, 0.2) is 0 Å². The molecule has 4 aromatic rings. The number of nitrogen functional groups attached to an aromatic ring is 1. The number of nitrogens with two attached hydrogens (primary N) is 1. The highest BCUT2D eigenvalue weighted by molar-refractivity contribution is 6.30. The fraction of sp³-hybridized carbons (Fsp3) is 0.400. The van der Waals surface area contributed by atoms with Crippen LogP contribution in [-0.2, 0) is 20.9 Å². The van der Waals surface area contributed by atoms with Crippen molar-refractivity contribution in [3.63, 3.8) is 0 Å². The number of nitrogens with zero attached hydrogens (tertiary/aromatic N) is 6. The number of benzene rings is 2. The summed E-state index contributed by atoms with van der Waals surface area (Å²) in [6.45, 7) is 4.76. The Hall–Kier alpha value is -5.05. The molecule has 270 valence electrons. The summed E-state index contributed by atoms with van der Waals surface area (Å²) < 4.78 is 61.7. The molecule has 2 aromatic carbocycles. The van der Waals surface area contributed by atoms with Crippen LogP contribution < -0.4 is 15.4 Å².